The maximum Gasteiger partial charge on any atom is 0.300 e. The van der Waals surface area contributed by atoms with Crippen LogP contribution in [0.15, 0.2) is 33.6 Å². The summed E-state index contributed by atoms with van der Waals surface area (Å²) in [5.74, 6) is -0.570. The van der Waals surface area contributed by atoms with Gasteiger partial charge in [0.2, 0.25) is 0 Å². The fourth-order valence-electron chi connectivity index (χ4n) is 1.49. The Kier molecular flexibility index (Phi) is 4.86. The van der Waals surface area contributed by atoms with E-state index in [1.54, 1.807) is 0 Å². The summed E-state index contributed by atoms with van der Waals surface area (Å²) < 4.78 is 0.760. The molecule has 1 amide bonds. The first-order valence-corrected chi connectivity index (χ1v) is 7.29. The lowest BCUT2D eigenvalue weighted by molar-refractivity contribution is -0.385. The summed E-state index contributed by atoms with van der Waals surface area (Å²) in [5.41, 5.74) is -0.623. The second-order valence-electron chi connectivity index (χ2n) is 3.68. The molecule has 0 spiro atoms. The average Bonchev–Trinajstić information content (AvgIpc) is 2.41. The number of halogens is 3. The predicted molar refractivity (Wildman–Crippen MR) is 83.5 cm³/mol. The number of nitro groups is 1. The summed E-state index contributed by atoms with van der Waals surface area (Å²) in [6.07, 6.45) is 1.38. The maximum absolute atomic E-state index is 12.2. The van der Waals surface area contributed by atoms with E-state index in [2.05, 4.69) is 47.1 Å². The lowest BCUT2D eigenvalue weighted by Gasteiger charge is -2.07. The zero-order chi connectivity index (χ0) is 15.6. The summed E-state index contributed by atoms with van der Waals surface area (Å²) in [6.45, 7) is 0. The quantitative estimate of drug-likeness (QED) is 0.583. The van der Waals surface area contributed by atoms with Gasteiger partial charge in [0.15, 0.2) is 5.82 Å². The molecule has 108 valence electrons. The number of carbonyl (C=O) groups is 1. The topological polar surface area (TPSA) is 98.0 Å². The van der Waals surface area contributed by atoms with E-state index in [0.29, 0.717) is 4.60 Å². The van der Waals surface area contributed by atoms with E-state index in [9.17, 15) is 14.9 Å². The first-order valence-electron chi connectivity index (χ1n) is 5.32. The van der Waals surface area contributed by atoms with Crippen molar-refractivity contribution >= 4 is 60.9 Å². The van der Waals surface area contributed by atoms with E-state index in [0.717, 1.165) is 0 Å². The number of amides is 1. The van der Waals surface area contributed by atoms with Crippen molar-refractivity contribution in [3.63, 3.8) is 0 Å². The van der Waals surface area contributed by atoms with Crippen LogP contribution in [0.4, 0.5) is 11.5 Å². The van der Waals surface area contributed by atoms with Crippen LogP contribution >= 0.6 is 43.5 Å². The number of benzene rings is 1. The van der Waals surface area contributed by atoms with Gasteiger partial charge >= 0.3 is 5.69 Å². The number of para-hydroxylation sites is 1. The Bertz CT molecular complexity index is 741. The molecule has 0 fully saturated rings. The van der Waals surface area contributed by atoms with Gasteiger partial charge in [-0.25, -0.2) is 9.97 Å². The Morgan fingerprint density at radius 1 is 1.38 bits per heavy atom. The molecule has 0 bridgehead atoms. The van der Waals surface area contributed by atoms with E-state index < -0.39 is 16.5 Å². The predicted octanol–water partition coefficient (Wildman–Crippen LogP) is 3.82. The lowest BCUT2D eigenvalue weighted by Crippen LogP contribution is -2.15. The molecule has 1 aromatic carbocycles. The second kappa shape index (κ2) is 6.46. The van der Waals surface area contributed by atoms with Gasteiger partial charge in [0, 0.05) is 0 Å². The van der Waals surface area contributed by atoms with Crippen molar-refractivity contribution in [2.75, 3.05) is 5.32 Å². The number of aromatic nitrogens is 2. The molecule has 0 radical (unpaired) electrons. The molecular formula is C11H5Br2ClN4O3. The van der Waals surface area contributed by atoms with E-state index in [4.69, 9.17) is 11.6 Å². The van der Waals surface area contributed by atoms with Crippen LogP contribution in [0.3, 0.4) is 0 Å². The van der Waals surface area contributed by atoms with Crippen molar-refractivity contribution in [3.8, 4) is 0 Å². The molecular weight excluding hydrogens is 431 g/mol. The molecule has 1 heterocycles. The minimum Gasteiger partial charge on any atom is -0.304 e. The van der Waals surface area contributed by atoms with Crippen LogP contribution in [0, 0.1) is 10.1 Å². The molecule has 10 heteroatoms. The molecule has 1 N–H and O–H groups in total. The van der Waals surface area contributed by atoms with Gasteiger partial charge in [-0.3, -0.25) is 14.9 Å². The molecule has 2 aromatic rings. The molecule has 0 saturated heterocycles. The molecule has 0 unspecified atom stereocenters. The molecule has 7 nitrogen and oxygen atoms in total. The molecule has 0 aliphatic rings. The van der Waals surface area contributed by atoms with Gasteiger partial charge in [-0.05, 0) is 44.0 Å². The zero-order valence-corrected chi connectivity index (χ0v) is 13.9. The van der Waals surface area contributed by atoms with Crippen LogP contribution in [0.25, 0.3) is 0 Å². The Hall–Kier alpha value is -1.58. The zero-order valence-electron chi connectivity index (χ0n) is 10.0. The van der Waals surface area contributed by atoms with Crippen LogP contribution in [-0.4, -0.2) is 20.8 Å². The molecule has 0 aliphatic heterocycles. The van der Waals surface area contributed by atoms with Crippen molar-refractivity contribution in [3.05, 3.63) is 54.3 Å². The Morgan fingerprint density at radius 2 is 2.10 bits per heavy atom. The highest BCUT2D eigenvalue weighted by Gasteiger charge is 2.24. The van der Waals surface area contributed by atoms with E-state index in [1.807, 2.05) is 0 Å². The monoisotopic (exact) mass is 434 g/mol. The van der Waals surface area contributed by atoms with Crippen LogP contribution < -0.4 is 5.32 Å². The van der Waals surface area contributed by atoms with Gasteiger partial charge in [-0.1, -0.05) is 17.7 Å². The fourth-order valence-corrected chi connectivity index (χ4v) is 2.64. The number of nitrogens with zero attached hydrogens (tertiary/aromatic N) is 3. The van der Waals surface area contributed by atoms with Gasteiger partial charge < -0.3 is 5.32 Å². The average molecular weight is 436 g/mol. The molecule has 2 rings (SSSR count). The third-order valence-corrected chi connectivity index (χ3v) is 3.59. The largest absolute Gasteiger partial charge is 0.304 e. The summed E-state index contributed by atoms with van der Waals surface area (Å²) in [7, 11) is 0. The molecule has 21 heavy (non-hydrogen) atoms. The Balaban J connectivity index is 2.37. The SMILES string of the molecule is O=C(Nc1ncc(Br)nc1Br)c1cccc(Cl)c1[N+](=O)[O-]. The van der Waals surface area contributed by atoms with Gasteiger partial charge in [-0.15, -0.1) is 0 Å². The highest BCUT2D eigenvalue weighted by Crippen LogP contribution is 2.29. The third kappa shape index (κ3) is 3.55. The number of nitrogens with one attached hydrogen (secondary N) is 1. The summed E-state index contributed by atoms with van der Waals surface area (Å²) in [6, 6.07) is 4.10. The molecule has 0 atom stereocenters. The van der Waals surface area contributed by atoms with Gasteiger partial charge in [0.05, 0.1) is 11.1 Å². The van der Waals surface area contributed by atoms with E-state index in [1.165, 1.54) is 24.4 Å². The minimum absolute atomic E-state index is 0.117. The standard InChI is InChI=1S/C11H5Br2ClN4O3/c12-7-4-15-10(9(13)16-7)17-11(19)5-2-1-3-6(14)8(5)18(20)21/h1-4H,(H,15,17,19). The number of hydrogen-bond donors (Lipinski definition) is 1. The van der Waals surface area contributed by atoms with Crippen LogP contribution in [0.2, 0.25) is 5.02 Å². The maximum atomic E-state index is 12.2. The summed E-state index contributed by atoms with van der Waals surface area (Å²) >= 11 is 12.0. The van der Waals surface area contributed by atoms with E-state index >= 15 is 0 Å². The van der Waals surface area contributed by atoms with Crippen molar-refractivity contribution in [1.29, 1.82) is 0 Å². The third-order valence-electron chi connectivity index (χ3n) is 2.35. The number of anilines is 1. The first-order chi connectivity index (χ1) is 9.90. The number of nitro benzene ring substituents is 1. The van der Waals surface area contributed by atoms with E-state index in [-0.39, 0.29) is 21.0 Å². The number of hydrogen-bond acceptors (Lipinski definition) is 5. The Labute approximate surface area is 140 Å². The van der Waals surface area contributed by atoms with Gasteiger partial charge in [-0.2, -0.15) is 0 Å². The van der Waals surface area contributed by atoms with Crippen molar-refractivity contribution in [2.45, 2.75) is 0 Å². The highest BCUT2D eigenvalue weighted by molar-refractivity contribution is 9.11. The number of carbonyl (C=O) groups excluding carboxylic acids is 1. The Morgan fingerprint density at radius 3 is 2.71 bits per heavy atom. The van der Waals surface area contributed by atoms with Crippen LogP contribution in [0.5, 0.6) is 0 Å². The molecule has 1 aromatic heterocycles. The number of rotatable bonds is 3. The summed E-state index contributed by atoms with van der Waals surface area (Å²) in [5, 5.41) is 13.3. The first kappa shape index (κ1) is 15.8. The van der Waals surface area contributed by atoms with Crippen molar-refractivity contribution in [2.24, 2.45) is 0 Å². The minimum atomic E-state index is -0.709. The molecule has 0 aliphatic carbocycles. The van der Waals surface area contributed by atoms with Crippen molar-refractivity contribution in [1.82, 2.24) is 9.97 Å². The molecule has 0 saturated carbocycles. The van der Waals surface area contributed by atoms with Gasteiger partial charge in [0.1, 0.15) is 19.8 Å². The fraction of sp³-hybridized carbons (Fsp3) is 0. The second-order valence-corrected chi connectivity index (χ2v) is 5.65. The van der Waals surface area contributed by atoms with Crippen molar-refractivity contribution < 1.29 is 9.72 Å². The highest BCUT2D eigenvalue weighted by atomic mass is 79.9. The van der Waals surface area contributed by atoms with Crippen LogP contribution in [-0.2, 0) is 0 Å². The smallest absolute Gasteiger partial charge is 0.300 e. The van der Waals surface area contributed by atoms with Crippen LogP contribution in [0.1, 0.15) is 10.4 Å². The van der Waals surface area contributed by atoms with Gasteiger partial charge in [0.25, 0.3) is 5.91 Å². The summed E-state index contributed by atoms with van der Waals surface area (Å²) in [4.78, 5) is 30.4. The lowest BCUT2D eigenvalue weighted by atomic mass is 10.1. The normalized spacial score (nSPS) is 10.2.